The molecular formula is C13H28N2. The van der Waals surface area contributed by atoms with Crippen molar-refractivity contribution in [2.75, 3.05) is 26.2 Å². The van der Waals surface area contributed by atoms with E-state index in [9.17, 15) is 0 Å². The molecule has 2 nitrogen and oxygen atoms in total. The number of rotatable bonds is 5. The first-order valence-corrected chi connectivity index (χ1v) is 6.53. The van der Waals surface area contributed by atoms with Gasteiger partial charge < -0.3 is 10.2 Å². The summed E-state index contributed by atoms with van der Waals surface area (Å²) in [5.74, 6) is 1.68. The van der Waals surface area contributed by atoms with Gasteiger partial charge in [0.15, 0.2) is 0 Å². The van der Waals surface area contributed by atoms with Crippen molar-refractivity contribution >= 4 is 0 Å². The van der Waals surface area contributed by atoms with Gasteiger partial charge in [0.1, 0.15) is 0 Å². The minimum atomic E-state index is 0.618. The molecule has 1 fully saturated rings. The largest absolute Gasteiger partial charge is 0.314 e. The van der Waals surface area contributed by atoms with E-state index in [-0.39, 0.29) is 0 Å². The van der Waals surface area contributed by atoms with Crippen LogP contribution in [0.4, 0.5) is 0 Å². The van der Waals surface area contributed by atoms with Gasteiger partial charge in [0.05, 0.1) is 0 Å². The Balaban J connectivity index is 2.16. The molecule has 1 saturated heterocycles. The molecule has 0 radical (unpaired) electrons. The molecular weight excluding hydrogens is 184 g/mol. The molecule has 0 aromatic rings. The number of nitrogens with one attached hydrogen (secondary N) is 1. The van der Waals surface area contributed by atoms with Gasteiger partial charge in [-0.15, -0.1) is 0 Å². The molecule has 2 heteroatoms. The minimum absolute atomic E-state index is 0.618. The second-order valence-corrected chi connectivity index (χ2v) is 5.68. The number of hydrogen-bond acceptors (Lipinski definition) is 2. The molecule has 0 spiro atoms. The Labute approximate surface area is 95.4 Å². The van der Waals surface area contributed by atoms with Crippen molar-refractivity contribution in [1.82, 2.24) is 10.2 Å². The SMILES string of the molecule is CC1CCCN(CC(C)CNC(C)C)C1. The topological polar surface area (TPSA) is 15.3 Å². The fourth-order valence-electron chi connectivity index (χ4n) is 2.39. The fraction of sp³-hybridized carbons (Fsp3) is 1.00. The van der Waals surface area contributed by atoms with Crippen molar-refractivity contribution in [3.63, 3.8) is 0 Å². The van der Waals surface area contributed by atoms with Crippen molar-refractivity contribution in [2.24, 2.45) is 11.8 Å². The normalized spacial score (nSPS) is 25.8. The molecule has 1 heterocycles. The molecule has 1 rings (SSSR count). The zero-order chi connectivity index (χ0) is 11.3. The lowest BCUT2D eigenvalue weighted by Crippen LogP contribution is -2.40. The van der Waals surface area contributed by atoms with Crippen LogP contribution in [0.15, 0.2) is 0 Å². The predicted molar refractivity (Wildman–Crippen MR) is 67.1 cm³/mol. The maximum absolute atomic E-state index is 3.52. The van der Waals surface area contributed by atoms with Gasteiger partial charge in [0.25, 0.3) is 0 Å². The summed E-state index contributed by atoms with van der Waals surface area (Å²) < 4.78 is 0. The highest BCUT2D eigenvalue weighted by Crippen LogP contribution is 2.16. The minimum Gasteiger partial charge on any atom is -0.314 e. The quantitative estimate of drug-likeness (QED) is 0.752. The maximum atomic E-state index is 3.52. The zero-order valence-electron chi connectivity index (χ0n) is 10.9. The van der Waals surface area contributed by atoms with E-state index < -0.39 is 0 Å². The molecule has 0 aromatic heterocycles. The Morgan fingerprint density at radius 3 is 2.67 bits per heavy atom. The standard InChI is InChI=1S/C13H28N2/c1-11(2)14-8-13(4)10-15-7-5-6-12(3)9-15/h11-14H,5-10H2,1-4H3. The molecule has 0 saturated carbocycles. The van der Waals surface area contributed by atoms with Gasteiger partial charge in [-0.05, 0) is 37.8 Å². The smallest absolute Gasteiger partial charge is 0.00193 e. The number of likely N-dealkylation sites (tertiary alicyclic amines) is 1. The van der Waals surface area contributed by atoms with Crippen LogP contribution in [0, 0.1) is 11.8 Å². The lowest BCUT2D eigenvalue weighted by Gasteiger charge is -2.33. The highest BCUT2D eigenvalue weighted by Gasteiger charge is 2.17. The average Bonchev–Trinajstić information content (AvgIpc) is 2.15. The Morgan fingerprint density at radius 1 is 1.33 bits per heavy atom. The Morgan fingerprint density at radius 2 is 2.07 bits per heavy atom. The first-order chi connectivity index (χ1) is 7.08. The van der Waals surface area contributed by atoms with E-state index in [1.54, 1.807) is 0 Å². The van der Waals surface area contributed by atoms with Gasteiger partial charge in [-0.3, -0.25) is 0 Å². The molecule has 0 bridgehead atoms. The third-order valence-electron chi connectivity index (χ3n) is 3.19. The molecule has 2 unspecified atom stereocenters. The predicted octanol–water partition coefficient (Wildman–Crippen LogP) is 2.35. The average molecular weight is 212 g/mol. The van der Waals surface area contributed by atoms with Crippen LogP contribution in [0.3, 0.4) is 0 Å². The van der Waals surface area contributed by atoms with Gasteiger partial charge in [-0.1, -0.05) is 27.7 Å². The zero-order valence-corrected chi connectivity index (χ0v) is 10.9. The first kappa shape index (κ1) is 13.0. The monoisotopic (exact) mass is 212 g/mol. The first-order valence-electron chi connectivity index (χ1n) is 6.53. The lowest BCUT2D eigenvalue weighted by atomic mass is 9.99. The van der Waals surface area contributed by atoms with Crippen LogP contribution in [0.5, 0.6) is 0 Å². The van der Waals surface area contributed by atoms with E-state index in [0.29, 0.717) is 6.04 Å². The van der Waals surface area contributed by atoms with E-state index >= 15 is 0 Å². The Kier molecular flexibility index (Phi) is 5.62. The van der Waals surface area contributed by atoms with E-state index in [1.165, 1.54) is 32.5 Å². The van der Waals surface area contributed by atoms with E-state index in [4.69, 9.17) is 0 Å². The van der Waals surface area contributed by atoms with Crippen molar-refractivity contribution < 1.29 is 0 Å². The number of hydrogen-bond donors (Lipinski definition) is 1. The van der Waals surface area contributed by atoms with Crippen molar-refractivity contribution in [3.05, 3.63) is 0 Å². The molecule has 0 aliphatic carbocycles. The summed E-state index contributed by atoms with van der Waals surface area (Å²) in [7, 11) is 0. The van der Waals surface area contributed by atoms with Gasteiger partial charge in [0.2, 0.25) is 0 Å². The van der Waals surface area contributed by atoms with Gasteiger partial charge >= 0.3 is 0 Å². The third kappa shape index (κ3) is 5.53. The summed E-state index contributed by atoms with van der Waals surface area (Å²) in [6.45, 7) is 14.2. The summed E-state index contributed by atoms with van der Waals surface area (Å²) in [5.41, 5.74) is 0. The van der Waals surface area contributed by atoms with Crippen molar-refractivity contribution in [2.45, 2.75) is 46.6 Å². The molecule has 90 valence electrons. The van der Waals surface area contributed by atoms with Crippen LogP contribution in [0.1, 0.15) is 40.5 Å². The van der Waals surface area contributed by atoms with Crippen LogP contribution in [0.2, 0.25) is 0 Å². The van der Waals surface area contributed by atoms with Gasteiger partial charge in [-0.2, -0.15) is 0 Å². The van der Waals surface area contributed by atoms with E-state index in [2.05, 4.69) is 37.9 Å². The van der Waals surface area contributed by atoms with Crippen molar-refractivity contribution in [1.29, 1.82) is 0 Å². The Hall–Kier alpha value is -0.0800. The maximum Gasteiger partial charge on any atom is 0.00193 e. The summed E-state index contributed by atoms with van der Waals surface area (Å²) in [5, 5.41) is 3.52. The number of piperidine rings is 1. The van der Waals surface area contributed by atoms with Crippen LogP contribution >= 0.6 is 0 Å². The highest BCUT2D eigenvalue weighted by atomic mass is 15.1. The van der Waals surface area contributed by atoms with Crippen molar-refractivity contribution in [3.8, 4) is 0 Å². The van der Waals surface area contributed by atoms with Gasteiger partial charge in [-0.25, -0.2) is 0 Å². The van der Waals surface area contributed by atoms with Crippen LogP contribution in [-0.2, 0) is 0 Å². The molecule has 0 aromatic carbocycles. The second kappa shape index (κ2) is 6.49. The molecule has 1 N–H and O–H groups in total. The molecule has 1 aliphatic rings. The summed E-state index contributed by atoms with van der Waals surface area (Å²) in [4.78, 5) is 2.64. The third-order valence-corrected chi connectivity index (χ3v) is 3.19. The van der Waals surface area contributed by atoms with Crippen LogP contribution < -0.4 is 5.32 Å². The molecule has 15 heavy (non-hydrogen) atoms. The Bertz CT molecular complexity index is 168. The van der Waals surface area contributed by atoms with Crippen LogP contribution in [-0.4, -0.2) is 37.1 Å². The fourth-order valence-corrected chi connectivity index (χ4v) is 2.39. The second-order valence-electron chi connectivity index (χ2n) is 5.68. The number of nitrogens with zero attached hydrogens (tertiary/aromatic N) is 1. The van der Waals surface area contributed by atoms with E-state index in [1.807, 2.05) is 0 Å². The van der Waals surface area contributed by atoms with E-state index in [0.717, 1.165) is 18.4 Å². The molecule has 2 atom stereocenters. The lowest BCUT2D eigenvalue weighted by molar-refractivity contribution is 0.161. The summed E-state index contributed by atoms with van der Waals surface area (Å²) in [6, 6.07) is 0.618. The van der Waals surface area contributed by atoms with Crippen LogP contribution in [0.25, 0.3) is 0 Å². The van der Waals surface area contributed by atoms with Gasteiger partial charge in [0, 0.05) is 19.1 Å². The summed E-state index contributed by atoms with van der Waals surface area (Å²) >= 11 is 0. The molecule has 1 aliphatic heterocycles. The highest BCUT2D eigenvalue weighted by molar-refractivity contribution is 4.72. The molecule has 0 amide bonds. The summed E-state index contributed by atoms with van der Waals surface area (Å²) in [6.07, 6.45) is 2.82.